The lowest BCUT2D eigenvalue weighted by Crippen LogP contribution is -2.45. The van der Waals surface area contributed by atoms with Gasteiger partial charge in [0.25, 0.3) is 5.91 Å². The van der Waals surface area contributed by atoms with Crippen LogP contribution in [0.4, 0.5) is 10.1 Å². The van der Waals surface area contributed by atoms with Gasteiger partial charge in [-0.1, -0.05) is 54.1 Å². The fourth-order valence-electron chi connectivity index (χ4n) is 3.74. The van der Waals surface area contributed by atoms with Crippen molar-refractivity contribution in [1.29, 1.82) is 0 Å². The van der Waals surface area contributed by atoms with Crippen molar-refractivity contribution in [2.45, 2.75) is 25.4 Å². The van der Waals surface area contributed by atoms with E-state index in [1.807, 2.05) is 0 Å². The predicted octanol–water partition coefficient (Wildman–Crippen LogP) is 4.38. The molecule has 5 nitrogen and oxygen atoms in total. The minimum Gasteiger partial charge on any atom is -0.325 e. The second kappa shape index (κ2) is 9.32. The maximum absolute atomic E-state index is 13.4. The highest BCUT2D eigenvalue weighted by atomic mass is 35.5. The van der Waals surface area contributed by atoms with Crippen molar-refractivity contribution < 1.29 is 18.8 Å². The van der Waals surface area contributed by atoms with E-state index in [-0.39, 0.29) is 31.2 Å². The molecule has 0 spiro atoms. The van der Waals surface area contributed by atoms with Gasteiger partial charge in [-0.15, -0.1) is 0 Å². The Hall–Kier alpha value is -3.51. The first-order valence-corrected chi connectivity index (χ1v) is 10.5. The number of carbonyl (C=O) groups excluding carboxylic acids is 3. The lowest BCUT2D eigenvalue weighted by Gasteiger charge is -2.28. The summed E-state index contributed by atoms with van der Waals surface area (Å²) in [6, 6.07) is 20.3. The van der Waals surface area contributed by atoms with Crippen LogP contribution in [0.15, 0.2) is 78.9 Å². The summed E-state index contributed by atoms with van der Waals surface area (Å²) in [6.45, 7) is 0.0824. The van der Waals surface area contributed by atoms with Crippen LogP contribution in [-0.2, 0) is 27.3 Å². The first-order chi connectivity index (χ1) is 15.4. The first-order valence-electron chi connectivity index (χ1n) is 10.1. The molecule has 0 bridgehead atoms. The van der Waals surface area contributed by atoms with Gasteiger partial charge in [-0.3, -0.25) is 14.4 Å². The normalized spacial score (nSPS) is 15.8. The van der Waals surface area contributed by atoms with Gasteiger partial charge >= 0.3 is 0 Å². The highest BCUT2D eigenvalue weighted by Gasteiger charge is 2.44. The van der Waals surface area contributed by atoms with Crippen LogP contribution >= 0.6 is 11.6 Å². The van der Waals surface area contributed by atoms with E-state index in [1.165, 1.54) is 17.0 Å². The maximum atomic E-state index is 13.4. The van der Waals surface area contributed by atoms with E-state index in [1.54, 1.807) is 66.7 Å². The predicted molar refractivity (Wildman–Crippen MR) is 119 cm³/mol. The third kappa shape index (κ3) is 4.70. The zero-order valence-electron chi connectivity index (χ0n) is 17.1. The smallest absolute Gasteiger partial charge is 0.257 e. The molecule has 1 unspecified atom stereocenters. The number of imide groups is 1. The van der Waals surface area contributed by atoms with Crippen LogP contribution in [0, 0.1) is 5.82 Å². The molecule has 3 amide bonds. The number of para-hydroxylation sites is 1. The summed E-state index contributed by atoms with van der Waals surface area (Å²) < 4.78 is 13.4. The van der Waals surface area contributed by atoms with Gasteiger partial charge in [0.2, 0.25) is 11.8 Å². The molecule has 7 heteroatoms. The first kappa shape index (κ1) is 21.7. The average Bonchev–Trinajstić information content (AvgIpc) is 3.09. The molecule has 0 aliphatic carbocycles. The Morgan fingerprint density at radius 3 is 2.22 bits per heavy atom. The maximum Gasteiger partial charge on any atom is 0.257 e. The molecule has 1 atom stereocenters. The number of anilines is 1. The van der Waals surface area contributed by atoms with Gasteiger partial charge in [-0.2, -0.15) is 0 Å². The van der Waals surface area contributed by atoms with Crippen LogP contribution in [0.5, 0.6) is 0 Å². The van der Waals surface area contributed by atoms with Crippen LogP contribution in [0.1, 0.15) is 17.5 Å². The summed E-state index contributed by atoms with van der Waals surface area (Å²) in [5, 5.41) is 0.555. The fraction of sp³-hybridized carbons (Fsp3) is 0.160. The summed E-state index contributed by atoms with van der Waals surface area (Å²) >= 11 is 5.93. The quantitative estimate of drug-likeness (QED) is 0.523. The molecule has 0 N–H and O–H groups in total. The molecule has 1 fully saturated rings. The highest BCUT2D eigenvalue weighted by Crippen LogP contribution is 2.27. The van der Waals surface area contributed by atoms with Gasteiger partial charge in [0.15, 0.2) is 0 Å². The van der Waals surface area contributed by atoms with Crippen molar-refractivity contribution in [1.82, 2.24) is 4.90 Å². The fourth-order valence-corrected chi connectivity index (χ4v) is 3.87. The number of rotatable bonds is 6. The molecule has 4 rings (SSSR count). The second-order valence-corrected chi connectivity index (χ2v) is 8.01. The summed E-state index contributed by atoms with van der Waals surface area (Å²) in [4.78, 5) is 41.8. The number of amides is 3. The number of hydrogen-bond acceptors (Lipinski definition) is 3. The lowest BCUT2D eigenvalue weighted by atomic mass is 10.1. The van der Waals surface area contributed by atoms with Gasteiger partial charge in [0.05, 0.1) is 18.5 Å². The molecular weight excluding hydrogens is 431 g/mol. The van der Waals surface area contributed by atoms with Gasteiger partial charge in [0.1, 0.15) is 11.9 Å². The van der Waals surface area contributed by atoms with Crippen LogP contribution in [0.2, 0.25) is 5.02 Å². The molecule has 1 saturated heterocycles. The third-order valence-corrected chi connectivity index (χ3v) is 5.62. The van der Waals surface area contributed by atoms with Gasteiger partial charge < -0.3 is 4.90 Å². The van der Waals surface area contributed by atoms with Crippen molar-refractivity contribution in [2.24, 2.45) is 0 Å². The Morgan fingerprint density at radius 1 is 0.938 bits per heavy atom. The van der Waals surface area contributed by atoms with E-state index in [9.17, 15) is 18.8 Å². The Labute approximate surface area is 190 Å². The van der Waals surface area contributed by atoms with Gasteiger partial charge in [-0.25, -0.2) is 9.29 Å². The Kier molecular flexibility index (Phi) is 6.32. The summed E-state index contributed by atoms with van der Waals surface area (Å²) in [5.41, 5.74) is 1.87. The van der Waals surface area contributed by atoms with Crippen LogP contribution in [-0.4, -0.2) is 28.7 Å². The van der Waals surface area contributed by atoms with Crippen molar-refractivity contribution in [3.8, 4) is 0 Å². The van der Waals surface area contributed by atoms with Gasteiger partial charge in [-0.05, 0) is 47.5 Å². The molecule has 3 aromatic carbocycles. The topological polar surface area (TPSA) is 57.7 Å². The third-order valence-electron chi connectivity index (χ3n) is 5.37. The number of halogens is 2. The number of hydrogen-bond donors (Lipinski definition) is 0. The van der Waals surface area contributed by atoms with E-state index in [0.717, 1.165) is 10.5 Å². The highest BCUT2D eigenvalue weighted by molar-refractivity contribution is 6.30. The Bertz CT molecular complexity index is 1130. The van der Waals surface area contributed by atoms with Crippen LogP contribution in [0.3, 0.4) is 0 Å². The summed E-state index contributed by atoms with van der Waals surface area (Å²) in [6.07, 6.45) is -0.0665. The van der Waals surface area contributed by atoms with E-state index in [2.05, 4.69) is 0 Å². The summed E-state index contributed by atoms with van der Waals surface area (Å²) in [5.74, 6) is -1.52. The molecule has 1 aliphatic heterocycles. The minimum absolute atomic E-state index is 0.0433. The summed E-state index contributed by atoms with van der Waals surface area (Å²) in [7, 11) is 0. The largest absolute Gasteiger partial charge is 0.325 e. The lowest BCUT2D eigenvalue weighted by molar-refractivity contribution is -0.138. The standard InChI is InChI=1S/C25H20ClFN2O3/c26-19-10-6-17(7-11-19)14-23(30)28(16-18-8-12-20(27)13-9-18)22-15-24(31)29(25(22)32)21-4-2-1-3-5-21/h1-13,22H,14-16H2. The molecule has 3 aromatic rings. The molecule has 0 saturated carbocycles. The van der Waals surface area contributed by atoms with E-state index in [0.29, 0.717) is 16.3 Å². The molecule has 0 radical (unpaired) electrons. The second-order valence-electron chi connectivity index (χ2n) is 7.57. The van der Waals surface area contributed by atoms with E-state index >= 15 is 0 Å². The molecule has 32 heavy (non-hydrogen) atoms. The zero-order valence-corrected chi connectivity index (χ0v) is 17.8. The van der Waals surface area contributed by atoms with Crippen molar-refractivity contribution >= 4 is 35.0 Å². The van der Waals surface area contributed by atoms with Crippen molar-refractivity contribution in [3.05, 3.63) is 101 Å². The molecule has 1 heterocycles. The van der Waals surface area contributed by atoms with E-state index in [4.69, 9.17) is 11.6 Å². The molecule has 1 aliphatic rings. The molecule has 162 valence electrons. The van der Waals surface area contributed by atoms with Crippen molar-refractivity contribution in [3.63, 3.8) is 0 Å². The van der Waals surface area contributed by atoms with Crippen molar-refractivity contribution in [2.75, 3.05) is 4.90 Å². The van der Waals surface area contributed by atoms with Crippen LogP contribution in [0.25, 0.3) is 0 Å². The van der Waals surface area contributed by atoms with Crippen LogP contribution < -0.4 is 4.90 Å². The molecule has 0 aromatic heterocycles. The Morgan fingerprint density at radius 2 is 1.56 bits per heavy atom. The molecular formula is C25H20ClFN2O3. The average molecular weight is 451 g/mol. The minimum atomic E-state index is -0.937. The Balaban J connectivity index is 1.62. The zero-order chi connectivity index (χ0) is 22.7. The number of carbonyl (C=O) groups is 3. The van der Waals surface area contributed by atoms with E-state index < -0.39 is 17.8 Å². The number of benzene rings is 3. The monoisotopic (exact) mass is 450 g/mol. The SMILES string of the molecule is O=C1CC(N(Cc2ccc(F)cc2)C(=O)Cc2ccc(Cl)cc2)C(=O)N1c1ccccc1. The number of nitrogens with zero attached hydrogens (tertiary/aromatic N) is 2. The van der Waals surface area contributed by atoms with Gasteiger partial charge in [0, 0.05) is 11.6 Å².